The Balaban J connectivity index is 3.69. The molecule has 2 nitrogen and oxygen atoms in total. The molecule has 0 spiro atoms. The average Bonchev–Trinajstić information content (AvgIpc) is 2.10. The number of nitrogens with zero attached hydrogens (tertiary/aromatic N) is 1. The van der Waals surface area contributed by atoms with Crippen LogP contribution in [0.2, 0.25) is 0 Å². The predicted octanol–water partition coefficient (Wildman–Crippen LogP) is 2.31. The van der Waals surface area contributed by atoms with Gasteiger partial charge >= 0.3 is 0 Å². The molecule has 1 unspecified atom stereocenters. The van der Waals surface area contributed by atoms with Crippen molar-refractivity contribution in [1.82, 2.24) is 10.2 Å². The first-order chi connectivity index (χ1) is 7.06. The highest BCUT2D eigenvalue weighted by Gasteiger charge is 2.10. The van der Waals surface area contributed by atoms with E-state index in [1.54, 1.807) is 0 Å². The Morgan fingerprint density at radius 1 is 1.27 bits per heavy atom. The average molecular weight is 232 g/mol. The smallest absolute Gasteiger partial charge is 0.0197 e. The number of likely N-dealkylation sites (N-methyl/N-ethyl adjacent to an activating group) is 1. The van der Waals surface area contributed by atoms with Crippen LogP contribution in [-0.4, -0.2) is 50.1 Å². The maximum absolute atomic E-state index is 3.66. The molecule has 92 valence electrons. The lowest BCUT2D eigenvalue weighted by molar-refractivity contribution is 0.307. The fraction of sp³-hybridized carbons (Fsp3) is 1.00. The minimum Gasteiger partial charge on any atom is -0.313 e. The van der Waals surface area contributed by atoms with E-state index in [9.17, 15) is 0 Å². The fourth-order valence-corrected chi connectivity index (χ4v) is 2.19. The molecule has 3 heteroatoms. The second-order valence-electron chi connectivity index (χ2n) is 4.89. The molecule has 1 N–H and O–H groups in total. The normalized spacial score (nSPS) is 13.8. The summed E-state index contributed by atoms with van der Waals surface area (Å²) < 4.78 is 0. The monoisotopic (exact) mass is 232 g/mol. The molecule has 0 aromatic carbocycles. The summed E-state index contributed by atoms with van der Waals surface area (Å²) >= 11 is 1.93. The quantitative estimate of drug-likeness (QED) is 0.614. The Bertz CT molecular complexity index is 128. The van der Waals surface area contributed by atoms with Crippen molar-refractivity contribution in [2.45, 2.75) is 32.7 Å². The van der Waals surface area contributed by atoms with E-state index in [0.29, 0.717) is 6.04 Å². The van der Waals surface area contributed by atoms with Gasteiger partial charge in [-0.15, -0.1) is 0 Å². The summed E-state index contributed by atoms with van der Waals surface area (Å²) in [7, 11) is 4.30. The highest BCUT2D eigenvalue weighted by atomic mass is 32.2. The van der Waals surface area contributed by atoms with Crippen molar-refractivity contribution in [3.8, 4) is 0 Å². The fourth-order valence-electron chi connectivity index (χ4n) is 1.75. The minimum atomic E-state index is 0.654. The van der Waals surface area contributed by atoms with Crippen molar-refractivity contribution in [1.29, 1.82) is 0 Å². The summed E-state index contributed by atoms with van der Waals surface area (Å²) in [6, 6.07) is 0.654. The van der Waals surface area contributed by atoms with Crippen LogP contribution in [-0.2, 0) is 0 Å². The van der Waals surface area contributed by atoms with E-state index in [-0.39, 0.29) is 0 Å². The van der Waals surface area contributed by atoms with Gasteiger partial charge in [0.05, 0.1) is 0 Å². The van der Waals surface area contributed by atoms with Crippen molar-refractivity contribution >= 4 is 11.8 Å². The topological polar surface area (TPSA) is 15.3 Å². The third-order valence-corrected chi connectivity index (χ3v) is 3.00. The number of hydrogen-bond acceptors (Lipinski definition) is 3. The third-order valence-electron chi connectivity index (χ3n) is 2.30. The minimum absolute atomic E-state index is 0.654. The van der Waals surface area contributed by atoms with E-state index in [0.717, 1.165) is 19.0 Å². The molecule has 15 heavy (non-hydrogen) atoms. The van der Waals surface area contributed by atoms with Crippen LogP contribution in [0.4, 0.5) is 0 Å². The van der Waals surface area contributed by atoms with Crippen LogP contribution in [0.1, 0.15) is 26.7 Å². The first-order valence-corrected chi connectivity index (χ1v) is 7.32. The molecule has 0 heterocycles. The van der Waals surface area contributed by atoms with Crippen molar-refractivity contribution in [2.75, 3.05) is 39.2 Å². The SMILES string of the molecule is CSCCCNC(CC(C)C)CN(C)C. The molecule has 0 saturated carbocycles. The van der Waals surface area contributed by atoms with Gasteiger partial charge in [-0.2, -0.15) is 11.8 Å². The van der Waals surface area contributed by atoms with Gasteiger partial charge in [0.1, 0.15) is 0 Å². The molecule has 1 atom stereocenters. The van der Waals surface area contributed by atoms with Gasteiger partial charge < -0.3 is 10.2 Å². The Hall–Kier alpha value is 0.270. The van der Waals surface area contributed by atoms with Crippen LogP contribution in [0.25, 0.3) is 0 Å². The molecule has 0 radical (unpaired) electrons. The van der Waals surface area contributed by atoms with Gasteiger partial charge in [-0.1, -0.05) is 13.8 Å². The molecule has 0 saturated heterocycles. The Labute approximate surface area is 100 Å². The van der Waals surface area contributed by atoms with E-state index in [1.165, 1.54) is 18.6 Å². The van der Waals surface area contributed by atoms with Crippen LogP contribution in [0.3, 0.4) is 0 Å². The van der Waals surface area contributed by atoms with Gasteiger partial charge in [-0.25, -0.2) is 0 Å². The van der Waals surface area contributed by atoms with Crippen LogP contribution in [0.15, 0.2) is 0 Å². The van der Waals surface area contributed by atoms with Crippen molar-refractivity contribution in [2.24, 2.45) is 5.92 Å². The molecule has 0 bridgehead atoms. The summed E-state index contributed by atoms with van der Waals surface area (Å²) in [5.74, 6) is 2.05. The van der Waals surface area contributed by atoms with Crippen molar-refractivity contribution < 1.29 is 0 Å². The first kappa shape index (κ1) is 15.3. The van der Waals surface area contributed by atoms with Crippen LogP contribution in [0.5, 0.6) is 0 Å². The van der Waals surface area contributed by atoms with Gasteiger partial charge in [-0.05, 0) is 51.4 Å². The molecule has 0 aromatic rings. The van der Waals surface area contributed by atoms with E-state index in [4.69, 9.17) is 0 Å². The number of nitrogens with one attached hydrogen (secondary N) is 1. The van der Waals surface area contributed by atoms with Crippen molar-refractivity contribution in [3.63, 3.8) is 0 Å². The highest BCUT2D eigenvalue weighted by molar-refractivity contribution is 7.98. The predicted molar refractivity (Wildman–Crippen MR) is 72.8 cm³/mol. The molecular weight excluding hydrogens is 204 g/mol. The zero-order valence-corrected chi connectivity index (χ0v) is 11.9. The maximum Gasteiger partial charge on any atom is 0.0197 e. The van der Waals surface area contributed by atoms with Gasteiger partial charge in [0.15, 0.2) is 0 Å². The molecule has 0 aliphatic carbocycles. The Morgan fingerprint density at radius 3 is 2.40 bits per heavy atom. The van der Waals surface area contributed by atoms with E-state index in [2.05, 4.69) is 44.4 Å². The third kappa shape index (κ3) is 10.6. The molecule has 0 amide bonds. The molecule has 0 aromatic heterocycles. The van der Waals surface area contributed by atoms with E-state index in [1.807, 2.05) is 11.8 Å². The number of rotatable bonds is 9. The van der Waals surface area contributed by atoms with Gasteiger partial charge in [0.2, 0.25) is 0 Å². The Kier molecular flexibility index (Phi) is 9.66. The Morgan fingerprint density at radius 2 is 1.93 bits per heavy atom. The van der Waals surface area contributed by atoms with Gasteiger partial charge in [0, 0.05) is 12.6 Å². The molecule has 0 fully saturated rings. The zero-order chi connectivity index (χ0) is 11.7. The zero-order valence-electron chi connectivity index (χ0n) is 11.0. The molecule has 0 rings (SSSR count). The second kappa shape index (κ2) is 9.49. The highest BCUT2D eigenvalue weighted by Crippen LogP contribution is 2.05. The lowest BCUT2D eigenvalue weighted by Gasteiger charge is -2.24. The number of thioether (sulfide) groups is 1. The first-order valence-electron chi connectivity index (χ1n) is 5.93. The van der Waals surface area contributed by atoms with E-state index < -0.39 is 0 Å². The van der Waals surface area contributed by atoms with Crippen LogP contribution < -0.4 is 5.32 Å². The maximum atomic E-state index is 3.66. The van der Waals surface area contributed by atoms with Crippen LogP contribution >= 0.6 is 11.8 Å². The summed E-state index contributed by atoms with van der Waals surface area (Å²) in [6.45, 7) is 6.90. The summed E-state index contributed by atoms with van der Waals surface area (Å²) in [6.07, 6.45) is 4.73. The van der Waals surface area contributed by atoms with Crippen molar-refractivity contribution in [3.05, 3.63) is 0 Å². The standard InChI is InChI=1S/C12H28N2S/c1-11(2)9-12(10-14(3)4)13-7-6-8-15-5/h11-13H,6-10H2,1-5H3. The molecule has 0 aliphatic rings. The van der Waals surface area contributed by atoms with Crippen LogP contribution in [0, 0.1) is 5.92 Å². The second-order valence-corrected chi connectivity index (χ2v) is 5.87. The van der Waals surface area contributed by atoms with Gasteiger partial charge in [-0.3, -0.25) is 0 Å². The summed E-state index contributed by atoms with van der Waals surface area (Å²) in [5.41, 5.74) is 0. The molecular formula is C12H28N2S. The number of hydrogen-bond donors (Lipinski definition) is 1. The van der Waals surface area contributed by atoms with E-state index >= 15 is 0 Å². The summed E-state index contributed by atoms with van der Waals surface area (Å²) in [4.78, 5) is 2.27. The lowest BCUT2D eigenvalue weighted by atomic mass is 10.0. The van der Waals surface area contributed by atoms with Gasteiger partial charge in [0.25, 0.3) is 0 Å². The summed E-state index contributed by atoms with van der Waals surface area (Å²) in [5, 5.41) is 3.66. The lowest BCUT2D eigenvalue weighted by Crippen LogP contribution is -2.39. The molecule has 0 aliphatic heterocycles. The largest absolute Gasteiger partial charge is 0.313 e.